The molecule has 3 rings (SSSR count). The summed E-state index contributed by atoms with van der Waals surface area (Å²) in [6, 6.07) is 0.194. The lowest BCUT2D eigenvalue weighted by Crippen LogP contribution is -2.53. The van der Waals surface area contributed by atoms with E-state index in [9.17, 15) is 4.79 Å². The predicted molar refractivity (Wildman–Crippen MR) is 98.9 cm³/mol. The van der Waals surface area contributed by atoms with Gasteiger partial charge in [0, 0.05) is 25.7 Å². The number of hydrogen-bond donors (Lipinski definition) is 0. The third kappa shape index (κ3) is 3.41. The van der Waals surface area contributed by atoms with Crippen molar-refractivity contribution in [1.29, 1.82) is 0 Å². The van der Waals surface area contributed by atoms with Crippen molar-refractivity contribution in [2.24, 2.45) is 0 Å². The monoisotopic (exact) mass is 376 g/mol. The van der Waals surface area contributed by atoms with E-state index in [1.165, 1.54) is 13.3 Å². The third-order valence-electron chi connectivity index (χ3n) is 4.69. The first-order valence-corrected chi connectivity index (χ1v) is 8.71. The van der Waals surface area contributed by atoms with Gasteiger partial charge in [-0.1, -0.05) is 11.6 Å². The van der Waals surface area contributed by atoms with Crippen molar-refractivity contribution in [3.05, 3.63) is 34.4 Å². The highest BCUT2D eigenvalue weighted by Gasteiger charge is 2.27. The minimum Gasteiger partial charge on any atom is -0.464 e. The van der Waals surface area contributed by atoms with Crippen LogP contribution >= 0.6 is 11.6 Å². The molecule has 0 radical (unpaired) electrons. The first-order valence-electron chi connectivity index (χ1n) is 8.33. The second-order valence-electron chi connectivity index (χ2n) is 6.30. The highest BCUT2D eigenvalue weighted by Crippen LogP contribution is 2.26. The van der Waals surface area contributed by atoms with Gasteiger partial charge in [0.05, 0.1) is 19.5 Å². The average Bonchev–Trinajstić information content (AvgIpc) is 2.66. The zero-order valence-electron chi connectivity index (χ0n) is 15.2. The molecule has 138 valence electrons. The molecule has 2 aromatic heterocycles. The summed E-state index contributed by atoms with van der Waals surface area (Å²) < 4.78 is 4.65. The summed E-state index contributed by atoms with van der Waals surface area (Å²) in [6.07, 6.45) is 3.05. The van der Waals surface area contributed by atoms with Gasteiger partial charge in [0.1, 0.15) is 5.82 Å². The van der Waals surface area contributed by atoms with Crippen molar-refractivity contribution >= 4 is 29.2 Å². The van der Waals surface area contributed by atoms with Crippen molar-refractivity contribution < 1.29 is 9.53 Å². The molecule has 0 bridgehead atoms. The summed E-state index contributed by atoms with van der Waals surface area (Å²) >= 11 is 6.05. The second kappa shape index (κ2) is 7.41. The fraction of sp³-hybridized carbons (Fsp3) is 0.471. The maximum atomic E-state index is 11.5. The number of carbonyl (C=O) groups is 1. The number of esters is 1. The van der Waals surface area contributed by atoms with Crippen LogP contribution in [0.4, 0.5) is 11.6 Å². The van der Waals surface area contributed by atoms with Crippen LogP contribution in [0.1, 0.15) is 28.5 Å². The number of piperazine rings is 1. The zero-order valence-corrected chi connectivity index (χ0v) is 16.0. The molecular formula is C17H21ClN6O2. The van der Waals surface area contributed by atoms with E-state index in [2.05, 4.69) is 41.6 Å². The molecule has 0 saturated carbocycles. The molecule has 1 atom stereocenters. The number of methoxy groups -OCH3 is 1. The molecule has 0 N–H and O–H groups in total. The number of hydrogen-bond acceptors (Lipinski definition) is 8. The Labute approximate surface area is 157 Å². The number of nitrogens with zero attached hydrogens (tertiary/aromatic N) is 6. The molecule has 0 amide bonds. The maximum Gasteiger partial charge on any atom is 0.358 e. The van der Waals surface area contributed by atoms with E-state index in [1.807, 2.05) is 13.8 Å². The summed E-state index contributed by atoms with van der Waals surface area (Å²) in [6.45, 7) is 8.40. The molecule has 1 fully saturated rings. The van der Waals surface area contributed by atoms with Gasteiger partial charge >= 0.3 is 5.97 Å². The van der Waals surface area contributed by atoms with Gasteiger partial charge in [-0.15, -0.1) is 10.2 Å². The first kappa shape index (κ1) is 18.3. The molecule has 1 aliphatic rings. The van der Waals surface area contributed by atoms with Crippen molar-refractivity contribution in [1.82, 2.24) is 20.2 Å². The van der Waals surface area contributed by atoms with Crippen LogP contribution in [0.5, 0.6) is 0 Å². The Kier molecular flexibility index (Phi) is 5.22. The van der Waals surface area contributed by atoms with E-state index in [1.54, 1.807) is 6.20 Å². The largest absolute Gasteiger partial charge is 0.464 e. The number of carbonyl (C=O) groups excluding carboxylic acids is 1. The van der Waals surface area contributed by atoms with Crippen molar-refractivity contribution in [3.63, 3.8) is 0 Å². The van der Waals surface area contributed by atoms with Crippen molar-refractivity contribution in [2.45, 2.75) is 26.8 Å². The van der Waals surface area contributed by atoms with Gasteiger partial charge in [0.15, 0.2) is 16.7 Å². The molecule has 8 nitrogen and oxygen atoms in total. The first-order chi connectivity index (χ1) is 12.4. The minimum absolute atomic E-state index is 0.194. The highest BCUT2D eigenvalue weighted by atomic mass is 35.5. The number of ether oxygens (including phenoxy) is 1. The Morgan fingerprint density at radius 3 is 2.58 bits per heavy atom. The van der Waals surface area contributed by atoms with Crippen LogP contribution in [0.15, 0.2) is 12.4 Å². The standard InChI is InChI=1S/C17H21ClN6O2/c1-10-9-23(16-12(3)11(2)15(18)21-22-16)5-6-24(10)14-8-19-13(7-20-14)17(25)26-4/h7-8,10H,5-6,9H2,1-4H3/t10-/m1/s1. The smallest absolute Gasteiger partial charge is 0.358 e. The lowest BCUT2D eigenvalue weighted by Gasteiger charge is -2.41. The molecular weight excluding hydrogens is 356 g/mol. The molecule has 0 unspecified atom stereocenters. The van der Waals surface area contributed by atoms with E-state index >= 15 is 0 Å². The molecule has 0 aliphatic carbocycles. The van der Waals surface area contributed by atoms with E-state index < -0.39 is 5.97 Å². The average molecular weight is 377 g/mol. The van der Waals surface area contributed by atoms with Crippen molar-refractivity contribution in [2.75, 3.05) is 36.5 Å². The lowest BCUT2D eigenvalue weighted by molar-refractivity contribution is 0.0593. The predicted octanol–water partition coefficient (Wildman–Crippen LogP) is 2.04. The number of rotatable bonds is 3. The van der Waals surface area contributed by atoms with Gasteiger partial charge in [0.25, 0.3) is 0 Å². The van der Waals surface area contributed by atoms with Crippen LogP contribution < -0.4 is 9.80 Å². The van der Waals surface area contributed by atoms with E-state index in [-0.39, 0.29) is 11.7 Å². The SMILES string of the molecule is COC(=O)c1cnc(N2CCN(c3nnc(Cl)c(C)c3C)C[C@H]2C)cn1. The fourth-order valence-electron chi connectivity index (χ4n) is 3.03. The van der Waals surface area contributed by atoms with Crippen LogP contribution in [-0.4, -0.2) is 58.9 Å². The Hall–Kier alpha value is -2.48. The van der Waals surface area contributed by atoms with E-state index in [0.29, 0.717) is 5.15 Å². The third-order valence-corrected chi connectivity index (χ3v) is 5.05. The molecule has 1 saturated heterocycles. The Balaban J connectivity index is 1.75. The summed E-state index contributed by atoms with van der Waals surface area (Å²) in [5.41, 5.74) is 2.20. The number of halogens is 1. The Bertz CT molecular complexity index is 814. The molecule has 0 spiro atoms. The topological polar surface area (TPSA) is 84.3 Å². The highest BCUT2D eigenvalue weighted by molar-refractivity contribution is 6.30. The van der Waals surface area contributed by atoms with Gasteiger partial charge < -0.3 is 14.5 Å². The van der Waals surface area contributed by atoms with Crippen LogP contribution in [0.3, 0.4) is 0 Å². The summed E-state index contributed by atoms with van der Waals surface area (Å²) in [5.74, 6) is 1.11. The van der Waals surface area contributed by atoms with E-state index in [4.69, 9.17) is 11.6 Å². The van der Waals surface area contributed by atoms with Crippen LogP contribution in [0.2, 0.25) is 5.15 Å². The van der Waals surface area contributed by atoms with Crippen molar-refractivity contribution in [3.8, 4) is 0 Å². The fourth-order valence-corrected chi connectivity index (χ4v) is 3.21. The Morgan fingerprint density at radius 1 is 1.19 bits per heavy atom. The lowest BCUT2D eigenvalue weighted by atomic mass is 10.1. The van der Waals surface area contributed by atoms with Crippen LogP contribution in [-0.2, 0) is 4.74 Å². The molecule has 2 aromatic rings. The quantitative estimate of drug-likeness (QED) is 0.752. The van der Waals surface area contributed by atoms with Gasteiger partial charge in [0.2, 0.25) is 0 Å². The molecule has 0 aromatic carbocycles. The van der Waals surface area contributed by atoms with Crippen LogP contribution in [0.25, 0.3) is 0 Å². The maximum absolute atomic E-state index is 11.5. The second-order valence-corrected chi connectivity index (χ2v) is 6.66. The summed E-state index contributed by atoms with van der Waals surface area (Å²) in [5, 5.41) is 8.77. The normalized spacial score (nSPS) is 17.3. The van der Waals surface area contributed by atoms with Gasteiger partial charge in [-0.3, -0.25) is 0 Å². The van der Waals surface area contributed by atoms with Crippen LogP contribution in [0, 0.1) is 13.8 Å². The molecule has 9 heteroatoms. The minimum atomic E-state index is -0.492. The summed E-state index contributed by atoms with van der Waals surface area (Å²) in [4.78, 5) is 24.4. The van der Waals surface area contributed by atoms with E-state index in [0.717, 1.165) is 42.4 Å². The number of anilines is 2. The van der Waals surface area contributed by atoms with Gasteiger partial charge in [-0.05, 0) is 31.9 Å². The molecule has 1 aliphatic heterocycles. The Morgan fingerprint density at radius 2 is 1.96 bits per heavy atom. The van der Waals surface area contributed by atoms with Gasteiger partial charge in [-0.2, -0.15) is 0 Å². The summed E-state index contributed by atoms with van der Waals surface area (Å²) in [7, 11) is 1.32. The zero-order chi connectivity index (χ0) is 18.8. The number of aromatic nitrogens is 4. The molecule has 26 heavy (non-hydrogen) atoms. The van der Waals surface area contributed by atoms with Gasteiger partial charge in [-0.25, -0.2) is 14.8 Å². The molecule has 3 heterocycles.